The number of thioether (sulfide) groups is 1. The van der Waals surface area contributed by atoms with Gasteiger partial charge >= 0.3 is 0 Å². The van der Waals surface area contributed by atoms with Gasteiger partial charge in [-0.05, 0) is 19.1 Å². The molecule has 3 rings (SSSR count). The number of carbonyl (C=O) groups is 1. The second-order valence-electron chi connectivity index (χ2n) is 4.41. The second kappa shape index (κ2) is 5.05. The average molecular weight is 274 g/mol. The van der Waals surface area contributed by atoms with Crippen LogP contribution in [-0.4, -0.2) is 32.8 Å². The van der Waals surface area contributed by atoms with Gasteiger partial charge in [0.05, 0.1) is 5.75 Å². The van der Waals surface area contributed by atoms with Crippen molar-refractivity contribution in [2.45, 2.75) is 18.6 Å². The number of para-hydroxylation sites is 1. The van der Waals surface area contributed by atoms with Gasteiger partial charge in [-0.15, -0.1) is 10.2 Å². The van der Waals surface area contributed by atoms with Crippen LogP contribution in [0.5, 0.6) is 0 Å². The molecule has 1 aromatic carbocycles. The molecule has 0 spiro atoms. The average Bonchev–Trinajstić information content (AvgIpc) is 2.98. The highest BCUT2D eigenvalue weighted by molar-refractivity contribution is 7.99. The summed E-state index contributed by atoms with van der Waals surface area (Å²) in [5.74, 6) is 1.46. The Bertz CT molecular complexity index is 596. The number of rotatable bonds is 4. The van der Waals surface area contributed by atoms with Gasteiger partial charge in [-0.3, -0.25) is 9.36 Å². The summed E-state index contributed by atoms with van der Waals surface area (Å²) in [6.07, 6.45) is 0. The van der Waals surface area contributed by atoms with Crippen LogP contribution >= 0.6 is 11.8 Å². The quantitative estimate of drug-likeness (QED) is 0.799. The van der Waals surface area contributed by atoms with Crippen LogP contribution in [0.4, 0.5) is 11.6 Å². The number of fused-ring (bicyclic) bond motifs is 1. The normalized spacial score (nSPS) is 13.6. The van der Waals surface area contributed by atoms with Gasteiger partial charge in [0.25, 0.3) is 0 Å². The molecule has 6 heteroatoms. The highest BCUT2D eigenvalue weighted by atomic mass is 32.2. The molecule has 2 heterocycles. The van der Waals surface area contributed by atoms with E-state index in [1.54, 1.807) is 6.92 Å². The van der Waals surface area contributed by atoms with E-state index < -0.39 is 0 Å². The van der Waals surface area contributed by atoms with E-state index in [-0.39, 0.29) is 5.78 Å². The number of hydrogen-bond acceptors (Lipinski definition) is 5. The van der Waals surface area contributed by atoms with Crippen molar-refractivity contribution < 1.29 is 4.79 Å². The molecule has 0 unspecified atom stereocenters. The number of nitrogens with zero attached hydrogens (tertiary/aromatic N) is 4. The van der Waals surface area contributed by atoms with Crippen LogP contribution in [0.25, 0.3) is 0 Å². The zero-order chi connectivity index (χ0) is 13.2. The number of carbonyl (C=O) groups excluding carboxylic acids is 1. The SMILES string of the molecule is CC(=O)CSc1nnc2n1CCN2c1ccccc1. The van der Waals surface area contributed by atoms with E-state index in [1.165, 1.54) is 11.8 Å². The molecule has 0 amide bonds. The fourth-order valence-electron chi connectivity index (χ4n) is 2.10. The van der Waals surface area contributed by atoms with Gasteiger partial charge in [-0.1, -0.05) is 30.0 Å². The molecule has 0 radical (unpaired) electrons. The van der Waals surface area contributed by atoms with Crippen LogP contribution in [0.15, 0.2) is 35.5 Å². The van der Waals surface area contributed by atoms with Gasteiger partial charge in [0, 0.05) is 18.8 Å². The summed E-state index contributed by atoms with van der Waals surface area (Å²) in [5.41, 5.74) is 1.12. The van der Waals surface area contributed by atoms with E-state index in [0.717, 1.165) is 29.9 Å². The molecule has 0 aliphatic carbocycles. The third kappa shape index (κ3) is 2.35. The highest BCUT2D eigenvalue weighted by Gasteiger charge is 2.25. The van der Waals surface area contributed by atoms with Crippen molar-refractivity contribution in [2.75, 3.05) is 17.2 Å². The Hall–Kier alpha value is -1.82. The standard InChI is InChI=1S/C13H14N4OS/c1-10(18)9-19-13-15-14-12-16(7-8-17(12)13)11-5-3-2-4-6-11/h2-6H,7-9H2,1H3. The maximum Gasteiger partial charge on any atom is 0.232 e. The monoisotopic (exact) mass is 274 g/mol. The molecular weight excluding hydrogens is 260 g/mol. The third-order valence-electron chi connectivity index (χ3n) is 2.96. The van der Waals surface area contributed by atoms with Crippen molar-refractivity contribution in [3.05, 3.63) is 30.3 Å². The first-order valence-electron chi connectivity index (χ1n) is 6.14. The first-order chi connectivity index (χ1) is 9.25. The van der Waals surface area contributed by atoms with Gasteiger partial charge < -0.3 is 4.90 Å². The maximum absolute atomic E-state index is 11.0. The second-order valence-corrected chi connectivity index (χ2v) is 5.35. The first kappa shape index (κ1) is 12.2. The number of aromatic nitrogens is 3. The van der Waals surface area contributed by atoms with E-state index in [4.69, 9.17) is 0 Å². The molecular formula is C13H14N4OS. The Morgan fingerprint density at radius 2 is 2.05 bits per heavy atom. The molecule has 1 aromatic heterocycles. The molecule has 0 fully saturated rings. The summed E-state index contributed by atoms with van der Waals surface area (Å²) in [7, 11) is 0. The molecule has 0 N–H and O–H groups in total. The lowest BCUT2D eigenvalue weighted by atomic mass is 10.3. The van der Waals surface area contributed by atoms with Gasteiger partial charge in [0.1, 0.15) is 5.78 Å². The molecule has 0 saturated carbocycles. The van der Waals surface area contributed by atoms with Crippen LogP contribution in [-0.2, 0) is 11.3 Å². The van der Waals surface area contributed by atoms with Crippen LogP contribution in [0.1, 0.15) is 6.92 Å². The van der Waals surface area contributed by atoms with E-state index in [2.05, 4.69) is 31.8 Å². The summed E-state index contributed by atoms with van der Waals surface area (Å²) in [5, 5.41) is 9.23. The summed E-state index contributed by atoms with van der Waals surface area (Å²) in [6, 6.07) is 10.2. The first-order valence-corrected chi connectivity index (χ1v) is 7.12. The highest BCUT2D eigenvalue weighted by Crippen LogP contribution is 2.31. The molecule has 0 bridgehead atoms. The number of Topliss-reactive ketones (excluding diaryl/α,β-unsaturated/α-hetero) is 1. The minimum Gasteiger partial charge on any atom is -0.309 e. The number of hydrogen-bond donors (Lipinski definition) is 0. The zero-order valence-electron chi connectivity index (χ0n) is 10.6. The summed E-state index contributed by atoms with van der Waals surface area (Å²) in [4.78, 5) is 13.2. The molecule has 98 valence electrons. The van der Waals surface area contributed by atoms with Crippen molar-refractivity contribution in [1.82, 2.24) is 14.8 Å². The molecule has 19 heavy (non-hydrogen) atoms. The van der Waals surface area contributed by atoms with Crippen LogP contribution in [0, 0.1) is 0 Å². The van der Waals surface area contributed by atoms with Crippen molar-refractivity contribution in [1.29, 1.82) is 0 Å². The Morgan fingerprint density at radius 1 is 1.26 bits per heavy atom. The van der Waals surface area contributed by atoms with Crippen molar-refractivity contribution in [2.24, 2.45) is 0 Å². The van der Waals surface area contributed by atoms with E-state index in [9.17, 15) is 4.79 Å². The minimum atomic E-state index is 0.153. The van der Waals surface area contributed by atoms with E-state index in [1.807, 2.05) is 18.2 Å². The maximum atomic E-state index is 11.0. The van der Waals surface area contributed by atoms with Gasteiger partial charge in [-0.25, -0.2) is 0 Å². The number of benzene rings is 1. The fraction of sp³-hybridized carbons (Fsp3) is 0.308. The van der Waals surface area contributed by atoms with Crippen LogP contribution < -0.4 is 4.90 Å². The Kier molecular flexibility index (Phi) is 3.25. The lowest BCUT2D eigenvalue weighted by molar-refractivity contribution is -0.114. The Morgan fingerprint density at radius 3 is 2.79 bits per heavy atom. The van der Waals surface area contributed by atoms with E-state index >= 15 is 0 Å². The van der Waals surface area contributed by atoms with Gasteiger partial charge in [0.2, 0.25) is 5.95 Å². The number of ketones is 1. The van der Waals surface area contributed by atoms with Crippen molar-refractivity contribution >= 4 is 29.2 Å². The summed E-state index contributed by atoms with van der Waals surface area (Å²) in [6.45, 7) is 3.34. The fourth-order valence-corrected chi connectivity index (χ4v) is 2.86. The third-order valence-corrected chi connectivity index (χ3v) is 4.07. The van der Waals surface area contributed by atoms with E-state index in [0.29, 0.717) is 5.75 Å². The molecule has 0 saturated heterocycles. The number of anilines is 2. The van der Waals surface area contributed by atoms with Gasteiger partial charge in [0.15, 0.2) is 5.16 Å². The molecule has 2 aromatic rings. The Labute approximate surface area is 115 Å². The topological polar surface area (TPSA) is 51.0 Å². The Balaban J connectivity index is 1.84. The smallest absolute Gasteiger partial charge is 0.232 e. The minimum absolute atomic E-state index is 0.153. The molecule has 0 atom stereocenters. The zero-order valence-corrected chi connectivity index (χ0v) is 11.4. The van der Waals surface area contributed by atoms with Gasteiger partial charge in [-0.2, -0.15) is 0 Å². The summed E-state index contributed by atoms with van der Waals surface area (Å²) >= 11 is 1.45. The molecule has 1 aliphatic heterocycles. The lowest BCUT2D eigenvalue weighted by Crippen LogP contribution is -2.14. The summed E-state index contributed by atoms with van der Waals surface area (Å²) < 4.78 is 2.07. The van der Waals surface area contributed by atoms with Crippen molar-refractivity contribution in [3.8, 4) is 0 Å². The molecule has 1 aliphatic rings. The predicted molar refractivity (Wildman–Crippen MR) is 74.9 cm³/mol. The van der Waals surface area contributed by atoms with Crippen LogP contribution in [0.2, 0.25) is 0 Å². The molecule has 5 nitrogen and oxygen atoms in total. The lowest BCUT2D eigenvalue weighted by Gasteiger charge is -2.14. The van der Waals surface area contributed by atoms with Crippen LogP contribution in [0.3, 0.4) is 0 Å². The van der Waals surface area contributed by atoms with Crippen molar-refractivity contribution in [3.63, 3.8) is 0 Å². The largest absolute Gasteiger partial charge is 0.309 e. The predicted octanol–water partition coefficient (Wildman–Crippen LogP) is 2.11.